The van der Waals surface area contributed by atoms with Gasteiger partial charge in [0.2, 0.25) is 0 Å². The van der Waals surface area contributed by atoms with Crippen LogP contribution in [0.25, 0.3) is 5.65 Å². The van der Waals surface area contributed by atoms with Crippen LogP contribution >= 0.6 is 11.6 Å². The molecule has 2 atom stereocenters. The molecule has 0 aromatic carbocycles. The summed E-state index contributed by atoms with van der Waals surface area (Å²) in [7, 11) is 1.98. The fourth-order valence-corrected chi connectivity index (χ4v) is 3.03. The van der Waals surface area contributed by atoms with E-state index in [1.54, 1.807) is 18.5 Å². The predicted octanol–water partition coefficient (Wildman–Crippen LogP) is 2.92. The summed E-state index contributed by atoms with van der Waals surface area (Å²) < 4.78 is 2.05. The minimum atomic E-state index is 0.190. The highest BCUT2D eigenvalue weighted by Crippen LogP contribution is 2.28. The Hall–Kier alpha value is -2.67. The lowest BCUT2D eigenvalue weighted by atomic mass is 10.0. The van der Waals surface area contributed by atoms with Crippen LogP contribution in [0.4, 0.5) is 11.5 Å². The molecule has 4 rings (SSSR count). The molecule has 0 aliphatic carbocycles. The second-order valence-electron chi connectivity index (χ2n) is 5.75. The zero-order valence-corrected chi connectivity index (χ0v) is 14.0. The summed E-state index contributed by atoms with van der Waals surface area (Å²) in [4.78, 5) is 12.9. The van der Waals surface area contributed by atoms with Crippen LogP contribution in [0.2, 0.25) is 5.15 Å². The maximum Gasteiger partial charge on any atom is 0.180 e. The SMILES string of the molecule is CC1C(c2cnc3c(Nc4ccnc(Cl)c4)nccn23)C=NN1C. The molecular formula is C16H16ClN7. The number of imidazole rings is 1. The molecule has 1 aliphatic heterocycles. The summed E-state index contributed by atoms with van der Waals surface area (Å²) in [5.41, 5.74) is 2.66. The second-order valence-corrected chi connectivity index (χ2v) is 6.14. The van der Waals surface area contributed by atoms with Crippen molar-refractivity contribution in [2.75, 3.05) is 12.4 Å². The van der Waals surface area contributed by atoms with Gasteiger partial charge < -0.3 is 5.32 Å². The minimum absolute atomic E-state index is 0.190. The highest BCUT2D eigenvalue weighted by molar-refractivity contribution is 6.29. The molecule has 8 heteroatoms. The normalized spacial score (nSPS) is 20.0. The lowest BCUT2D eigenvalue weighted by molar-refractivity contribution is 0.287. The van der Waals surface area contributed by atoms with Crippen molar-refractivity contribution < 1.29 is 0 Å². The van der Waals surface area contributed by atoms with Crippen LogP contribution in [0.15, 0.2) is 42.0 Å². The third kappa shape index (κ3) is 2.46. The van der Waals surface area contributed by atoms with Crippen molar-refractivity contribution >= 4 is 35.0 Å². The van der Waals surface area contributed by atoms with Crippen molar-refractivity contribution in [3.05, 3.63) is 47.8 Å². The molecule has 1 aliphatic rings. The van der Waals surface area contributed by atoms with Crippen LogP contribution in [0.5, 0.6) is 0 Å². The van der Waals surface area contributed by atoms with Gasteiger partial charge in [-0.3, -0.25) is 9.41 Å². The zero-order valence-electron chi connectivity index (χ0n) is 13.3. The van der Waals surface area contributed by atoms with Gasteiger partial charge in [-0.25, -0.2) is 15.0 Å². The molecule has 0 fully saturated rings. The highest BCUT2D eigenvalue weighted by Gasteiger charge is 2.28. The number of nitrogens with zero attached hydrogens (tertiary/aromatic N) is 6. The fraction of sp³-hybridized carbons (Fsp3) is 0.250. The molecule has 122 valence electrons. The number of nitrogens with one attached hydrogen (secondary N) is 1. The summed E-state index contributed by atoms with van der Waals surface area (Å²) in [6.07, 6.45) is 9.16. The molecule has 0 radical (unpaired) electrons. The van der Waals surface area contributed by atoms with Crippen LogP contribution in [0.1, 0.15) is 18.5 Å². The number of hydrogen-bond acceptors (Lipinski definition) is 6. The van der Waals surface area contributed by atoms with Gasteiger partial charge in [-0.2, -0.15) is 5.10 Å². The smallest absolute Gasteiger partial charge is 0.180 e. The largest absolute Gasteiger partial charge is 0.337 e. The van der Waals surface area contributed by atoms with E-state index in [4.69, 9.17) is 11.6 Å². The van der Waals surface area contributed by atoms with Crippen molar-refractivity contribution in [2.24, 2.45) is 5.10 Å². The molecule has 0 saturated carbocycles. The molecule has 0 bridgehead atoms. The molecule has 1 N–H and O–H groups in total. The van der Waals surface area contributed by atoms with Gasteiger partial charge in [0.25, 0.3) is 0 Å². The van der Waals surface area contributed by atoms with Gasteiger partial charge in [-0.1, -0.05) is 11.6 Å². The first-order valence-electron chi connectivity index (χ1n) is 7.61. The summed E-state index contributed by atoms with van der Waals surface area (Å²) in [5.74, 6) is 0.859. The Morgan fingerprint density at radius 1 is 1.21 bits per heavy atom. The maximum atomic E-state index is 5.94. The minimum Gasteiger partial charge on any atom is -0.337 e. The van der Waals surface area contributed by atoms with Crippen LogP contribution < -0.4 is 5.32 Å². The standard InChI is InChI=1S/C16H16ClN7/c1-10-12(8-21-23(10)2)13-9-20-16-15(19-5-6-24(13)16)22-11-3-4-18-14(17)7-11/h3-10,12H,1-2H3,(H,18,19,22). The van der Waals surface area contributed by atoms with Crippen molar-refractivity contribution in [2.45, 2.75) is 18.9 Å². The third-order valence-electron chi connectivity index (χ3n) is 4.31. The number of anilines is 2. The van der Waals surface area contributed by atoms with Gasteiger partial charge in [0, 0.05) is 37.5 Å². The van der Waals surface area contributed by atoms with E-state index in [0.29, 0.717) is 11.0 Å². The third-order valence-corrected chi connectivity index (χ3v) is 4.51. The van der Waals surface area contributed by atoms with Gasteiger partial charge in [-0.15, -0.1) is 0 Å². The first-order chi connectivity index (χ1) is 11.6. The van der Waals surface area contributed by atoms with Crippen molar-refractivity contribution in [3.8, 4) is 0 Å². The number of halogens is 1. The summed E-state index contributed by atoms with van der Waals surface area (Å²) in [5, 5.41) is 10.0. The molecule has 0 amide bonds. The van der Waals surface area contributed by atoms with Gasteiger partial charge in [0.15, 0.2) is 11.5 Å². The summed E-state index contributed by atoms with van der Waals surface area (Å²) >= 11 is 5.94. The molecule has 24 heavy (non-hydrogen) atoms. The Kier molecular flexibility index (Phi) is 3.57. The van der Waals surface area contributed by atoms with Gasteiger partial charge in [0.1, 0.15) is 5.15 Å². The number of aromatic nitrogens is 4. The number of pyridine rings is 1. The van der Waals surface area contributed by atoms with Crippen molar-refractivity contribution in [1.82, 2.24) is 24.4 Å². The molecule has 2 unspecified atom stereocenters. The Labute approximate surface area is 144 Å². The average molecular weight is 342 g/mol. The van der Waals surface area contributed by atoms with Crippen LogP contribution in [0.3, 0.4) is 0 Å². The zero-order chi connectivity index (χ0) is 16.7. The topological polar surface area (TPSA) is 70.7 Å². The molecule has 0 saturated heterocycles. The number of rotatable bonds is 3. The van der Waals surface area contributed by atoms with Crippen molar-refractivity contribution in [3.63, 3.8) is 0 Å². The van der Waals surface area contributed by atoms with E-state index in [-0.39, 0.29) is 12.0 Å². The van der Waals surface area contributed by atoms with E-state index in [9.17, 15) is 0 Å². The molecule has 7 nitrogen and oxygen atoms in total. The number of hydrazone groups is 1. The van der Waals surface area contributed by atoms with Crippen LogP contribution in [0, 0.1) is 0 Å². The van der Waals surface area contributed by atoms with Crippen LogP contribution in [-0.4, -0.2) is 43.7 Å². The first kappa shape index (κ1) is 14.9. The van der Waals surface area contributed by atoms with E-state index >= 15 is 0 Å². The molecule has 3 aromatic rings. The Morgan fingerprint density at radius 2 is 2.08 bits per heavy atom. The number of likely N-dealkylation sites (N-methyl/N-ethyl adjacent to an activating group) is 1. The van der Waals surface area contributed by atoms with Crippen LogP contribution in [-0.2, 0) is 0 Å². The van der Waals surface area contributed by atoms with E-state index in [1.807, 2.05) is 41.1 Å². The Balaban J connectivity index is 1.73. The number of hydrogen-bond donors (Lipinski definition) is 1. The van der Waals surface area contributed by atoms with E-state index in [1.165, 1.54) is 0 Å². The average Bonchev–Trinajstić information content (AvgIpc) is 3.13. The van der Waals surface area contributed by atoms with E-state index < -0.39 is 0 Å². The predicted molar refractivity (Wildman–Crippen MR) is 94.0 cm³/mol. The van der Waals surface area contributed by atoms with Gasteiger partial charge in [0.05, 0.1) is 23.9 Å². The Morgan fingerprint density at radius 3 is 2.83 bits per heavy atom. The Bertz CT molecular complexity index is 920. The second kappa shape index (κ2) is 5.76. The van der Waals surface area contributed by atoms with E-state index in [0.717, 1.165) is 17.0 Å². The lowest BCUT2D eigenvalue weighted by Gasteiger charge is -2.19. The summed E-state index contributed by atoms with van der Waals surface area (Å²) in [6.45, 7) is 2.15. The molecular weight excluding hydrogens is 326 g/mol. The lowest BCUT2D eigenvalue weighted by Crippen LogP contribution is -2.25. The fourth-order valence-electron chi connectivity index (χ4n) is 2.85. The quantitative estimate of drug-likeness (QED) is 0.742. The number of fused-ring (bicyclic) bond motifs is 1. The van der Waals surface area contributed by atoms with Gasteiger partial charge in [-0.05, 0) is 19.1 Å². The monoisotopic (exact) mass is 341 g/mol. The van der Waals surface area contributed by atoms with Gasteiger partial charge >= 0.3 is 0 Å². The molecule has 0 spiro atoms. The van der Waals surface area contributed by atoms with Crippen molar-refractivity contribution in [1.29, 1.82) is 0 Å². The maximum absolute atomic E-state index is 5.94. The van der Waals surface area contributed by atoms with E-state index in [2.05, 4.69) is 32.3 Å². The molecule has 4 heterocycles. The first-order valence-corrected chi connectivity index (χ1v) is 7.99. The highest BCUT2D eigenvalue weighted by atomic mass is 35.5. The summed E-state index contributed by atoms with van der Waals surface area (Å²) in [6, 6.07) is 3.87. The molecule has 3 aromatic heterocycles.